The minimum absolute atomic E-state index is 0.217. The van der Waals surface area contributed by atoms with Crippen LogP contribution >= 0.6 is 0 Å². The van der Waals surface area contributed by atoms with Crippen molar-refractivity contribution in [2.75, 3.05) is 11.9 Å². The predicted octanol–water partition coefficient (Wildman–Crippen LogP) is 5.54. The van der Waals surface area contributed by atoms with Gasteiger partial charge in [0, 0.05) is 11.3 Å². The maximum absolute atomic E-state index is 13.2. The van der Waals surface area contributed by atoms with Gasteiger partial charge in [-0.25, -0.2) is 9.48 Å². The fraction of sp³-hybridized carbons (Fsp3) is 0.286. The Balaban J connectivity index is 1.73. The van der Waals surface area contributed by atoms with Gasteiger partial charge in [-0.15, -0.1) is 0 Å². The Hall–Kier alpha value is -4.20. The van der Waals surface area contributed by atoms with Crippen LogP contribution in [0.3, 0.4) is 0 Å². The molecule has 0 radical (unpaired) electrons. The van der Waals surface area contributed by atoms with Crippen LogP contribution in [0.4, 0.5) is 5.69 Å². The second-order valence-electron chi connectivity index (χ2n) is 9.62. The number of anilines is 1. The topological polar surface area (TPSA) is 91.0 Å². The molecule has 0 aliphatic carbocycles. The lowest BCUT2D eigenvalue weighted by Crippen LogP contribution is -2.29. The van der Waals surface area contributed by atoms with Gasteiger partial charge in [-0.2, -0.15) is 10.2 Å². The number of amides is 1. The SMILES string of the molecule is CCOC(=O)c1cc(-c2cccc(NC(=O)c3cc(C)nn3C(C)(C)C)c2)n(-c2ccccc2C)n1. The van der Waals surface area contributed by atoms with Crippen molar-refractivity contribution in [1.82, 2.24) is 19.6 Å². The van der Waals surface area contributed by atoms with Crippen LogP contribution in [-0.4, -0.2) is 38.0 Å². The summed E-state index contributed by atoms with van der Waals surface area (Å²) < 4.78 is 8.66. The van der Waals surface area contributed by atoms with E-state index in [0.717, 1.165) is 22.5 Å². The maximum atomic E-state index is 13.2. The highest BCUT2D eigenvalue weighted by molar-refractivity contribution is 6.03. The van der Waals surface area contributed by atoms with Crippen molar-refractivity contribution >= 4 is 17.6 Å². The lowest BCUT2D eigenvalue weighted by molar-refractivity contribution is 0.0518. The third-order valence-corrected chi connectivity index (χ3v) is 5.65. The number of aryl methyl sites for hydroxylation is 2. The number of benzene rings is 2. The van der Waals surface area contributed by atoms with E-state index >= 15 is 0 Å². The molecule has 8 nitrogen and oxygen atoms in total. The first-order valence-corrected chi connectivity index (χ1v) is 11.9. The van der Waals surface area contributed by atoms with Crippen LogP contribution in [0, 0.1) is 13.8 Å². The molecule has 1 N–H and O–H groups in total. The molecule has 8 heteroatoms. The van der Waals surface area contributed by atoms with Gasteiger partial charge in [-0.3, -0.25) is 9.48 Å². The van der Waals surface area contributed by atoms with Gasteiger partial charge in [0.2, 0.25) is 0 Å². The number of carbonyl (C=O) groups excluding carboxylic acids is 2. The van der Waals surface area contributed by atoms with Crippen molar-refractivity contribution in [3.8, 4) is 16.9 Å². The fourth-order valence-corrected chi connectivity index (χ4v) is 4.00. The summed E-state index contributed by atoms with van der Waals surface area (Å²) in [6, 6.07) is 18.8. The van der Waals surface area contributed by atoms with Crippen LogP contribution in [0.25, 0.3) is 16.9 Å². The number of carbonyl (C=O) groups is 2. The van der Waals surface area contributed by atoms with Crippen molar-refractivity contribution in [2.24, 2.45) is 0 Å². The molecule has 0 aliphatic heterocycles. The first kappa shape index (κ1) is 24.9. The first-order valence-electron chi connectivity index (χ1n) is 11.9. The summed E-state index contributed by atoms with van der Waals surface area (Å²) in [6.45, 7) is 11.9. The van der Waals surface area contributed by atoms with E-state index in [1.165, 1.54) is 0 Å². The van der Waals surface area contributed by atoms with Crippen molar-refractivity contribution < 1.29 is 14.3 Å². The molecule has 0 unspecified atom stereocenters. The second kappa shape index (κ2) is 9.81. The minimum atomic E-state index is -0.485. The smallest absolute Gasteiger partial charge is 0.358 e. The van der Waals surface area contributed by atoms with Crippen LogP contribution in [0.2, 0.25) is 0 Å². The Morgan fingerprint density at radius 1 is 0.972 bits per heavy atom. The van der Waals surface area contributed by atoms with Crippen LogP contribution in [0.5, 0.6) is 0 Å². The van der Waals surface area contributed by atoms with Gasteiger partial charge in [0.25, 0.3) is 5.91 Å². The molecule has 0 saturated heterocycles. The highest BCUT2D eigenvalue weighted by Crippen LogP contribution is 2.28. The zero-order valence-corrected chi connectivity index (χ0v) is 21.5. The Labute approximate surface area is 210 Å². The molecule has 0 saturated carbocycles. The normalized spacial score (nSPS) is 11.4. The molecule has 2 aromatic heterocycles. The van der Waals surface area contributed by atoms with E-state index < -0.39 is 5.97 Å². The van der Waals surface area contributed by atoms with Crippen LogP contribution < -0.4 is 5.32 Å². The van der Waals surface area contributed by atoms with Crippen molar-refractivity contribution in [2.45, 2.75) is 47.1 Å². The molecule has 4 aromatic rings. The minimum Gasteiger partial charge on any atom is -0.461 e. The van der Waals surface area contributed by atoms with E-state index in [4.69, 9.17) is 4.74 Å². The third kappa shape index (κ3) is 5.07. The predicted molar refractivity (Wildman–Crippen MR) is 140 cm³/mol. The number of nitrogens with zero attached hydrogens (tertiary/aromatic N) is 4. The van der Waals surface area contributed by atoms with Gasteiger partial charge in [-0.1, -0.05) is 30.3 Å². The van der Waals surface area contributed by atoms with Gasteiger partial charge in [0.1, 0.15) is 5.69 Å². The van der Waals surface area contributed by atoms with Crippen LogP contribution in [0.15, 0.2) is 60.7 Å². The summed E-state index contributed by atoms with van der Waals surface area (Å²) >= 11 is 0. The highest BCUT2D eigenvalue weighted by Gasteiger charge is 2.23. The lowest BCUT2D eigenvalue weighted by Gasteiger charge is -2.22. The second-order valence-corrected chi connectivity index (χ2v) is 9.62. The number of para-hydroxylation sites is 1. The molecule has 4 rings (SSSR count). The van der Waals surface area contributed by atoms with Gasteiger partial charge < -0.3 is 10.1 Å². The molecule has 0 fully saturated rings. The van der Waals surface area contributed by atoms with Gasteiger partial charge in [0.05, 0.1) is 29.2 Å². The molecule has 0 bridgehead atoms. The largest absolute Gasteiger partial charge is 0.461 e. The average Bonchev–Trinajstić information content (AvgIpc) is 3.44. The Bertz CT molecular complexity index is 1430. The standard InChI is InChI=1S/C28H31N5O3/c1-7-36-27(35)22-17-24(32(31-22)23-14-9-8-11-18(23)2)20-12-10-13-21(16-20)29-26(34)25-15-19(3)30-33(25)28(4,5)6/h8-17H,7H2,1-6H3,(H,29,34). The summed E-state index contributed by atoms with van der Waals surface area (Å²) in [5.41, 5.74) is 5.11. The molecule has 1 amide bonds. The molecule has 0 aliphatic rings. The quantitative estimate of drug-likeness (QED) is 0.362. The monoisotopic (exact) mass is 485 g/mol. The first-order chi connectivity index (χ1) is 17.1. The van der Waals surface area contributed by atoms with Crippen molar-refractivity contribution in [3.05, 3.63) is 83.3 Å². The highest BCUT2D eigenvalue weighted by atomic mass is 16.5. The van der Waals surface area contributed by atoms with E-state index in [-0.39, 0.29) is 23.7 Å². The number of nitrogens with one attached hydrogen (secondary N) is 1. The number of aromatic nitrogens is 4. The summed E-state index contributed by atoms with van der Waals surface area (Å²) in [6.07, 6.45) is 0. The van der Waals surface area contributed by atoms with Gasteiger partial charge in [0.15, 0.2) is 5.69 Å². The molecule has 2 heterocycles. The molecule has 36 heavy (non-hydrogen) atoms. The van der Waals surface area contributed by atoms with Gasteiger partial charge >= 0.3 is 5.97 Å². The average molecular weight is 486 g/mol. The number of hydrogen-bond acceptors (Lipinski definition) is 5. The molecular weight excluding hydrogens is 454 g/mol. The molecule has 2 aromatic carbocycles. The summed E-state index contributed by atoms with van der Waals surface area (Å²) in [7, 11) is 0. The third-order valence-electron chi connectivity index (χ3n) is 5.65. The van der Waals surface area contributed by atoms with Crippen LogP contribution in [-0.2, 0) is 10.3 Å². The molecule has 186 valence electrons. The molecule has 0 spiro atoms. The van der Waals surface area contributed by atoms with E-state index in [1.54, 1.807) is 28.4 Å². The fourth-order valence-electron chi connectivity index (χ4n) is 4.00. The van der Waals surface area contributed by atoms with Gasteiger partial charge in [-0.05, 0) is 77.4 Å². The number of rotatable bonds is 6. The number of hydrogen-bond donors (Lipinski definition) is 1. The van der Waals surface area contributed by atoms with Crippen molar-refractivity contribution in [1.29, 1.82) is 0 Å². The molecular formula is C28H31N5O3. The number of ether oxygens (including phenoxy) is 1. The maximum Gasteiger partial charge on any atom is 0.358 e. The zero-order chi connectivity index (χ0) is 26.0. The summed E-state index contributed by atoms with van der Waals surface area (Å²) in [4.78, 5) is 25.7. The Morgan fingerprint density at radius 2 is 1.72 bits per heavy atom. The molecule has 0 atom stereocenters. The van der Waals surface area contributed by atoms with Crippen molar-refractivity contribution in [3.63, 3.8) is 0 Å². The van der Waals surface area contributed by atoms with E-state index in [1.807, 2.05) is 83.1 Å². The van der Waals surface area contributed by atoms with E-state index in [2.05, 4.69) is 15.5 Å². The zero-order valence-electron chi connectivity index (χ0n) is 21.5. The summed E-state index contributed by atoms with van der Waals surface area (Å²) in [5, 5.41) is 12.1. The lowest BCUT2D eigenvalue weighted by atomic mass is 10.1. The van der Waals surface area contributed by atoms with E-state index in [9.17, 15) is 9.59 Å². The van der Waals surface area contributed by atoms with E-state index in [0.29, 0.717) is 17.1 Å². The Morgan fingerprint density at radius 3 is 2.42 bits per heavy atom. The summed E-state index contributed by atoms with van der Waals surface area (Å²) in [5.74, 6) is -0.733. The van der Waals surface area contributed by atoms with Crippen LogP contribution in [0.1, 0.15) is 59.9 Å². The Kier molecular flexibility index (Phi) is 6.79. The number of esters is 1.